The van der Waals surface area contributed by atoms with Crippen LogP contribution in [0.15, 0.2) is 0 Å². The van der Waals surface area contributed by atoms with E-state index in [9.17, 15) is 0 Å². The van der Waals surface area contributed by atoms with Gasteiger partial charge in [0.25, 0.3) is 0 Å². The van der Waals surface area contributed by atoms with Crippen molar-refractivity contribution in [1.82, 2.24) is 5.48 Å². The molecule has 0 radical (unpaired) electrons. The lowest BCUT2D eigenvalue weighted by atomic mass is 9.76. The maximum absolute atomic E-state index is 5.23. The lowest BCUT2D eigenvalue weighted by Gasteiger charge is -2.41. The second-order valence-electron chi connectivity index (χ2n) is 4.43. The van der Waals surface area contributed by atoms with Gasteiger partial charge in [-0.15, -0.1) is 0 Å². The van der Waals surface area contributed by atoms with E-state index in [1.807, 2.05) is 13.8 Å². The second-order valence-corrected chi connectivity index (χ2v) is 4.43. The quantitative estimate of drug-likeness (QED) is 0.681. The summed E-state index contributed by atoms with van der Waals surface area (Å²) in [6, 6.07) is 0.497. The van der Waals surface area contributed by atoms with E-state index in [1.54, 1.807) is 0 Å². The molecule has 0 aromatic heterocycles. The highest BCUT2D eigenvalue weighted by molar-refractivity contribution is 4.86. The maximum atomic E-state index is 5.23. The van der Waals surface area contributed by atoms with Crippen LogP contribution in [0.5, 0.6) is 0 Å². The average Bonchev–Trinajstić information content (AvgIpc) is 2.06. The van der Waals surface area contributed by atoms with E-state index in [4.69, 9.17) is 4.84 Å². The molecular weight excluding hydrogens is 162 g/mol. The predicted octanol–water partition coefficient (Wildman–Crippen LogP) is 2.99. The minimum atomic E-state index is 0.381. The number of hydroxylamine groups is 1. The van der Waals surface area contributed by atoms with Gasteiger partial charge in [0, 0.05) is 6.04 Å². The number of hydrogen-bond acceptors (Lipinski definition) is 2. The van der Waals surface area contributed by atoms with Crippen LogP contribution in [0.1, 0.15) is 48.0 Å². The molecular formula is C11H25NO. The highest BCUT2D eigenvalue weighted by Gasteiger charge is 2.34. The highest BCUT2D eigenvalue weighted by atomic mass is 16.6. The maximum Gasteiger partial charge on any atom is 0.0688 e. The van der Waals surface area contributed by atoms with Crippen LogP contribution in [0.3, 0.4) is 0 Å². The Morgan fingerprint density at radius 1 is 1.31 bits per heavy atom. The Hall–Kier alpha value is -0.0800. The molecule has 0 saturated carbocycles. The molecule has 0 aliphatic carbocycles. The normalized spacial score (nSPS) is 26.5. The van der Waals surface area contributed by atoms with E-state index >= 15 is 0 Å². The van der Waals surface area contributed by atoms with Crippen molar-refractivity contribution in [2.45, 2.75) is 54.0 Å². The largest absolute Gasteiger partial charge is 0.301 e. The number of hydrogen-bond donors (Lipinski definition) is 1. The van der Waals surface area contributed by atoms with E-state index in [2.05, 4.69) is 33.2 Å². The van der Waals surface area contributed by atoms with E-state index in [-0.39, 0.29) is 0 Å². The molecule has 0 spiro atoms. The molecule has 1 rings (SSSR count). The summed E-state index contributed by atoms with van der Waals surface area (Å²) in [4.78, 5) is 5.23. The van der Waals surface area contributed by atoms with Gasteiger partial charge in [0.2, 0.25) is 0 Å². The lowest BCUT2D eigenvalue weighted by molar-refractivity contribution is -0.0873. The molecule has 0 amide bonds. The first-order chi connectivity index (χ1) is 6.04. The van der Waals surface area contributed by atoms with E-state index < -0.39 is 0 Å². The van der Waals surface area contributed by atoms with Crippen LogP contribution < -0.4 is 5.48 Å². The van der Waals surface area contributed by atoms with Gasteiger partial charge in [-0.1, -0.05) is 41.5 Å². The molecule has 80 valence electrons. The first-order valence-corrected chi connectivity index (χ1v) is 5.41. The summed E-state index contributed by atoms with van der Waals surface area (Å²) < 4.78 is 0. The zero-order chi connectivity index (χ0) is 10.5. The van der Waals surface area contributed by atoms with Gasteiger partial charge in [0.15, 0.2) is 0 Å². The Kier molecular flexibility index (Phi) is 5.57. The van der Waals surface area contributed by atoms with Crippen molar-refractivity contribution in [2.24, 2.45) is 11.3 Å². The second kappa shape index (κ2) is 5.61. The monoisotopic (exact) mass is 187 g/mol. The minimum absolute atomic E-state index is 0.381. The van der Waals surface area contributed by atoms with Crippen molar-refractivity contribution in [2.75, 3.05) is 6.61 Å². The third kappa shape index (κ3) is 3.65. The Labute approximate surface area is 83.0 Å². The van der Waals surface area contributed by atoms with E-state index in [1.165, 1.54) is 0 Å². The first kappa shape index (κ1) is 12.9. The first-order valence-electron chi connectivity index (χ1n) is 5.41. The van der Waals surface area contributed by atoms with Gasteiger partial charge in [-0.2, -0.15) is 5.48 Å². The van der Waals surface area contributed by atoms with Crippen LogP contribution in [-0.4, -0.2) is 12.6 Å². The number of nitrogens with one attached hydrogen (secondary N) is 1. The minimum Gasteiger partial charge on any atom is -0.301 e. The molecule has 1 aliphatic heterocycles. The third-order valence-corrected chi connectivity index (χ3v) is 2.57. The fourth-order valence-corrected chi connectivity index (χ4v) is 1.82. The molecule has 0 bridgehead atoms. The Morgan fingerprint density at radius 3 is 2.15 bits per heavy atom. The zero-order valence-electron chi connectivity index (χ0n) is 9.98. The van der Waals surface area contributed by atoms with E-state index in [0.717, 1.165) is 13.0 Å². The van der Waals surface area contributed by atoms with Crippen molar-refractivity contribution >= 4 is 0 Å². The van der Waals surface area contributed by atoms with Crippen LogP contribution in [0, 0.1) is 11.3 Å². The summed E-state index contributed by atoms with van der Waals surface area (Å²) in [6.45, 7) is 13.9. The Morgan fingerprint density at radius 2 is 1.85 bits per heavy atom. The van der Waals surface area contributed by atoms with Crippen LogP contribution in [0.25, 0.3) is 0 Å². The fourth-order valence-electron chi connectivity index (χ4n) is 1.82. The van der Waals surface area contributed by atoms with Gasteiger partial charge in [-0.05, 0) is 17.8 Å². The molecule has 1 N–H and O–H groups in total. The van der Waals surface area contributed by atoms with Gasteiger partial charge < -0.3 is 4.84 Å². The van der Waals surface area contributed by atoms with Gasteiger partial charge in [0.05, 0.1) is 6.61 Å². The third-order valence-electron chi connectivity index (χ3n) is 2.57. The number of rotatable bonds is 1. The molecule has 1 fully saturated rings. The van der Waals surface area contributed by atoms with Crippen LogP contribution in [-0.2, 0) is 4.84 Å². The summed E-state index contributed by atoms with van der Waals surface area (Å²) >= 11 is 0. The van der Waals surface area contributed by atoms with Crippen molar-refractivity contribution in [3.8, 4) is 0 Å². The molecule has 1 unspecified atom stereocenters. The molecule has 1 aliphatic rings. The topological polar surface area (TPSA) is 21.3 Å². The average molecular weight is 187 g/mol. The van der Waals surface area contributed by atoms with Gasteiger partial charge in [-0.25, -0.2) is 0 Å². The van der Waals surface area contributed by atoms with Crippen LogP contribution in [0.2, 0.25) is 0 Å². The van der Waals surface area contributed by atoms with Crippen molar-refractivity contribution < 1.29 is 4.84 Å². The SMILES string of the molecule is CC.CC(C)C1NOCCC1(C)C. The van der Waals surface area contributed by atoms with Gasteiger partial charge in [-0.3, -0.25) is 0 Å². The van der Waals surface area contributed by atoms with Gasteiger partial charge in [0.1, 0.15) is 0 Å². The smallest absolute Gasteiger partial charge is 0.0688 e. The molecule has 2 heteroatoms. The molecule has 0 aromatic rings. The molecule has 1 atom stereocenters. The van der Waals surface area contributed by atoms with E-state index in [0.29, 0.717) is 17.4 Å². The Bertz CT molecular complexity index is 132. The fraction of sp³-hybridized carbons (Fsp3) is 1.00. The lowest BCUT2D eigenvalue weighted by Crippen LogP contribution is -2.50. The summed E-state index contributed by atoms with van der Waals surface area (Å²) in [5, 5.41) is 0. The molecule has 13 heavy (non-hydrogen) atoms. The standard InChI is InChI=1S/C9H19NO.C2H6/c1-7(2)8-9(3,4)5-6-11-10-8;1-2/h7-8,10H,5-6H2,1-4H3;1-2H3. The summed E-state index contributed by atoms with van der Waals surface area (Å²) in [7, 11) is 0. The molecule has 2 nitrogen and oxygen atoms in total. The molecule has 0 aromatic carbocycles. The predicted molar refractivity (Wildman–Crippen MR) is 57.5 cm³/mol. The highest BCUT2D eigenvalue weighted by Crippen LogP contribution is 2.32. The van der Waals surface area contributed by atoms with Crippen molar-refractivity contribution in [3.05, 3.63) is 0 Å². The van der Waals surface area contributed by atoms with Crippen molar-refractivity contribution in [3.63, 3.8) is 0 Å². The Balaban J connectivity index is 0.000000671. The van der Waals surface area contributed by atoms with Crippen LogP contribution in [0.4, 0.5) is 0 Å². The summed E-state index contributed by atoms with van der Waals surface area (Å²) in [5.41, 5.74) is 3.49. The van der Waals surface area contributed by atoms with Crippen LogP contribution >= 0.6 is 0 Å². The summed E-state index contributed by atoms with van der Waals surface area (Å²) in [6.07, 6.45) is 1.16. The molecule has 1 saturated heterocycles. The zero-order valence-corrected chi connectivity index (χ0v) is 9.98. The van der Waals surface area contributed by atoms with Crippen molar-refractivity contribution in [1.29, 1.82) is 0 Å². The van der Waals surface area contributed by atoms with Gasteiger partial charge >= 0.3 is 0 Å². The summed E-state index contributed by atoms with van der Waals surface area (Å²) in [5.74, 6) is 0.644. The molecule has 1 heterocycles.